The van der Waals surface area contributed by atoms with E-state index in [0.29, 0.717) is 11.1 Å². The van der Waals surface area contributed by atoms with E-state index in [4.69, 9.17) is 11.0 Å². The SMILES string of the molecule is N#CNC(=O)c1cc(-c2cc[n+](CC3=C(C(=O)[O-])N4C(=O)[C@@H](NC(=O)/C(=N\OCF)c5nsc(N)n5)[C@H]4SC3)cc2)c[nH]1. The lowest BCUT2D eigenvalue weighted by Crippen LogP contribution is -2.71. The highest BCUT2D eigenvalue weighted by Gasteiger charge is 2.53. The van der Waals surface area contributed by atoms with E-state index in [9.17, 15) is 28.7 Å². The van der Waals surface area contributed by atoms with Gasteiger partial charge in [0.2, 0.25) is 11.5 Å². The third-order valence-electron chi connectivity index (χ3n) is 6.30. The lowest BCUT2D eigenvalue weighted by atomic mass is 10.0. The van der Waals surface area contributed by atoms with Crippen molar-refractivity contribution in [1.29, 1.82) is 5.26 Å². The Morgan fingerprint density at radius 1 is 1.35 bits per heavy atom. The molecule has 1 fully saturated rings. The number of nitrogens with zero attached hydrogens (tertiary/aromatic N) is 6. The molecule has 220 valence electrons. The van der Waals surface area contributed by atoms with Gasteiger partial charge >= 0.3 is 0 Å². The van der Waals surface area contributed by atoms with E-state index in [0.717, 1.165) is 22.0 Å². The molecule has 5 heterocycles. The number of nitrogens with two attached hydrogens (primary N) is 1. The topological polar surface area (TPSA) is 235 Å². The van der Waals surface area contributed by atoms with E-state index in [2.05, 4.69) is 29.7 Å². The van der Waals surface area contributed by atoms with Gasteiger partial charge in [0, 0.05) is 46.8 Å². The van der Waals surface area contributed by atoms with Crippen molar-refractivity contribution in [3.63, 3.8) is 0 Å². The molecule has 2 aliphatic heterocycles. The largest absolute Gasteiger partial charge is 0.543 e. The van der Waals surface area contributed by atoms with E-state index < -0.39 is 47.7 Å². The van der Waals surface area contributed by atoms with E-state index >= 15 is 0 Å². The monoisotopic (exact) mass is 626 g/mol. The van der Waals surface area contributed by atoms with Gasteiger partial charge in [0.1, 0.15) is 17.1 Å². The summed E-state index contributed by atoms with van der Waals surface area (Å²) >= 11 is 2.01. The van der Waals surface area contributed by atoms with Gasteiger partial charge in [0.15, 0.2) is 30.3 Å². The molecule has 5 rings (SSSR count). The quantitative estimate of drug-likeness (QED) is 0.0498. The highest BCUT2D eigenvalue weighted by Crippen LogP contribution is 2.40. The first kappa shape index (κ1) is 29.2. The fraction of sp³-hybridized carbons (Fsp3) is 0.208. The summed E-state index contributed by atoms with van der Waals surface area (Å²) in [6, 6.07) is 3.97. The number of carboxylic acids is 1. The summed E-state index contributed by atoms with van der Waals surface area (Å²) in [5.74, 6) is -3.77. The highest BCUT2D eigenvalue weighted by atomic mass is 32.2. The van der Waals surface area contributed by atoms with Crippen molar-refractivity contribution in [3.05, 3.63) is 59.6 Å². The van der Waals surface area contributed by atoms with Gasteiger partial charge in [-0.15, -0.1) is 11.8 Å². The second kappa shape index (κ2) is 12.3. The Morgan fingerprint density at radius 3 is 2.77 bits per heavy atom. The van der Waals surface area contributed by atoms with Crippen LogP contribution in [0.4, 0.5) is 9.52 Å². The average Bonchev–Trinajstić information content (AvgIpc) is 3.66. The lowest BCUT2D eigenvalue weighted by Gasteiger charge is -2.50. The zero-order valence-electron chi connectivity index (χ0n) is 21.6. The zero-order valence-corrected chi connectivity index (χ0v) is 23.3. The number of alkyl halides is 1. The molecule has 2 aliphatic rings. The maximum absolute atomic E-state index is 13.1. The number of oxime groups is 1. The number of H-pyrrole nitrogens is 1. The second-order valence-electron chi connectivity index (χ2n) is 8.86. The van der Waals surface area contributed by atoms with Gasteiger partial charge in [-0.3, -0.25) is 24.6 Å². The minimum Gasteiger partial charge on any atom is -0.543 e. The molecule has 1 saturated heterocycles. The number of thioether (sulfide) groups is 1. The smallest absolute Gasteiger partial charge is 0.280 e. The van der Waals surface area contributed by atoms with E-state index in [-0.39, 0.29) is 34.6 Å². The van der Waals surface area contributed by atoms with Crippen LogP contribution in [0.2, 0.25) is 0 Å². The summed E-state index contributed by atoms with van der Waals surface area (Å²) in [4.78, 5) is 61.9. The highest BCUT2D eigenvalue weighted by molar-refractivity contribution is 8.00. The first-order valence-corrected chi connectivity index (χ1v) is 14.0. The number of amides is 3. The minimum absolute atomic E-state index is 0.0212. The summed E-state index contributed by atoms with van der Waals surface area (Å²) in [6.07, 6.45) is 6.58. The predicted octanol–water partition coefficient (Wildman–Crippen LogP) is -1.63. The Bertz CT molecular complexity index is 1710. The van der Waals surface area contributed by atoms with Gasteiger partial charge in [-0.25, -0.2) is 8.96 Å². The number of aromatic amines is 1. The number of hydrogen-bond acceptors (Lipinski definition) is 13. The summed E-state index contributed by atoms with van der Waals surface area (Å²) in [6.45, 7) is -1.20. The number of β-lactam (4-membered cyclic amide) rings is 1. The van der Waals surface area contributed by atoms with Crippen molar-refractivity contribution in [3.8, 4) is 17.3 Å². The summed E-state index contributed by atoms with van der Waals surface area (Å²) in [7, 11) is 0. The van der Waals surface area contributed by atoms with Gasteiger partial charge in [0.25, 0.3) is 24.6 Å². The summed E-state index contributed by atoms with van der Waals surface area (Å²) in [5.41, 5.74) is 6.82. The van der Waals surface area contributed by atoms with Crippen LogP contribution in [-0.2, 0) is 25.8 Å². The van der Waals surface area contributed by atoms with Crippen LogP contribution in [0.25, 0.3) is 11.1 Å². The molecular formula is C24H19FN10O6S2. The van der Waals surface area contributed by atoms with Crippen molar-refractivity contribution in [2.45, 2.75) is 18.0 Å². The molecule has 3 aromatic heterocycles. The Balaban J connectivity index is 1.29. The number of nitrogens with one attached hydrogen (secondary N) is 3. The molecule has 2 atom stereocenters. The average molecular weight is 627 g/mol. The van der Waals surface area contributed by atoms with Gasteiger partial charge in [-0.1, -0.05) is 5.16 Å². The van der Waals surface area contributed by atoms with Crippen LogP contribution in [0.1, 0.15) is 16.3 Å². The van der Waals surface area contributed by atoms with Crippen LogP contribution < -0.4 is 26.0 Å². The van der Waals surface area contributed by atoms with Crippen molar-refractivity contribution < 1.29 is 38.1 Å². The standard InChI is InChI=1S/C24H19FN10O6S2/c25-9-41-32-15(18-31-24(27)43-33-18)20(37)30-16-21(38)35-17(23(39)40)13(8-42-22(16)35)7-34-3-1-11(2-4-34)12-5-14(28-6-12)19(36)29-10-26/h1-6,16,22H,7-9H2,(H5,27,29,30,31,33,36,37,39,40)/b32-15-/t16-,22-/m1/s1. The van der Waals surface area contributed by atoms with Crippen molar-refractivity contribution in [2.24, 2.45) is 5.16 Å². The molecule has 16 nitrogen and oxygen atoms in total. The predicted molar refractivity (Wildman–Crippen MR) is 144 cm³/mol. The molecular weight excluding hydrogens is 607 g/mol. The number of aromatic nitrogens is 4. The number of fused-ring (bicyclic) bond motifs is 1. The molecule has 5 N–H and O–H groups in total. The van der Waals surface area contributed by atoms with Crippen LogP contribution in [0.15, 0.2) is 53.2 Å². The molecule has 19 heteroatoms. The number of nitrogen functional groups attached to an aromatic ring is 1. The van der Waals surface area contributed by atoms with Crippen molar-refractivity contribution in [1.82, 2.24) is 29.9 Å². The number of aliphatic carboxylic acids is 1. The number of hydrogen-bond donors (Lipinski definition) is 4. The number of anilines is 1. The number of halogens is 1. The number of nitriles is 1. The van der Waals surface area contributed by atoms with Crippen LogP contribution in [0.3, 0.4) is 0 Å². The van der Waals surface area contributed by atoms with Crippen molar-refractivity contribution >= 4 is 57.8 Å². The Hall–Kier alpha value is -5.35. The van der Waals surface area contributed by atoms with Gasteiger partial charge in [-0.2, -0.15) is 14.6 Å². The van der Waals surface area contributed by atoms with E-state index in [1.54, 1.807) is 47.5 Å². The Kier molecular flexibility index (Phi) is 8.31. The van der Waals surface area contributed by atoms with Crippen LogP contribution >= 0.6 is 23.3 Å². The molecule has 0 bridgehead atoms. The molecule has 0 radical (unpaired) electrons. The molecule has 43 heavy (non-hydrogen) atoms. The maximum Gasteiger partial charge on any atom is 0.280 e. The van der Waals surface area contributed by atoms with Gasteiger partial charge < -0.3 is 30.8 Å². The minimum atomic E-state index is -1.55. The normalized spacial score (nSPS) is 17.9. The number of carboxylic acid groups (broad SMARTS) is 1. The lowest BCUT2D eigenvalue weighted by molar-refractivity contribution is -0.689. The molecule has 0 aliphatic carbocycles. The Labute approximate surface area is 249 Å². The fourth-order valence-corrected chi connectivity index (χ4v) is 6.16. The third-order valence-corrected chi connectivity index (χ3v) is 8.18. The van der Waals surface area contributed by atoms with Crippen LogP contribution in [0, 0.1) is 11.5 Å². The fourth-order valence-electron chi connectivity index (χ4n) is 4.39. The third kappa shape index (κ3) is 5.86. The number of pyridine rings is 1. The maximum atomic E-state index is 13.1. The number of carbonyl (C=O) groups excluding carboxylic acids is 4. The first-order valence-electron chi connectivity index (χ1n) is 12.1. The molecule has 0 unspecified atom stereocenters. The Morgan fingerprint density at radius 2 is 2.12 bits per heavy atom. The van der Waals surface area contributed by atoms with E-state index in [1.165, 1.54) is 11.8 Å². The summed E-state index contributed by atoms with van der Waals surface area (Å²) in [5, 5.41) is 27.9. The second-order valence-corrected chi connectivity index (χ2v) is 10.8. The van der Waals surface area contributed by atoms with Gasteiger partial charge in [-0.05, 0) is 11.6 Å². The van der Waals surface area contributed by atoms with E-state index in [1.807, 2.05) is 5.32 Å². The summed E-state index contributed by atoms with van der Waals surface area (Å²) < 4.78 is 18.1. The number of rotatable bonds is 10. The van der Waals surface area contributed by atoms with Crippen LogP contribution in [0.5, 0.6) is 0 Å². The molecule has 0 spiro atoms. The molecule has 3 amide bonds. The first-order chi connectivity index (χ1) is 20.7. The van der Waals surface area contributed by atoms with Crippen LogP contribution in [-0.4, -0.2) is 72.7 Å². The zero-order chi connectivity index (χ0) is 30.7. The molecule has 0 aromatic carbocycles. The molecule has 0 saturated carbocycles. The van der Waals surface area contributed by atoms with Crippen molar-refractivity contribution in [2.75, 3.05) is 18.3 Å². The van der Waals surface area contributed by atoms with Gasteiger partial charge in [0.05, 0.1) is 11.7 Å². The number of carbonyl (C=O) groups is 4. The molecule has 3 aromatic rings.